The molecule has 1 amide bonds. The largest absolute Gasteiger partial charge is 0.352 e. The first-order valence-electron chi connectivity index (χ1n) is 8.75. The van der Waals surface area contributed by atoms with E-state index in [1.165, 1.54) is 0 Å². The topological polar surface area (TPSA) is 87.2 Å². The Labute approximate surface area is 156 Å². The number of hydrogen-bond donors (Lipinski definition) is 2. The fourth-order valence-corrected chi connectivity index (χ4v) is 3.14. The van der Waals surface area contributed by atoms with Crippen molar-refractivity contribution in [2.24, 2.45) is 10.9 Å². The van der Waals surface area contributed by atoms with E-state index in [0.29, 0.717) is 29.7 Å². The highest BCUT2D eigenvalue weighted by atomic mass is 16.1. The van der Waals surface area contributed by atoms with Crippen LogP contribution in [0.1, 0.15) is 16.1 Å². The van der Waals surface area contributed by atoms with Crippen LogP contribution in [0, 0.1) is 5.92 Å². The molecule has 1 atom stereocenters. The number of aliphatic imine (C=N–C) groups is 1. The molecule has 0 radical (unpaired) electrons. The molecular weight excluding hydrogens is 340 g/mol. The third-order valence-electron chi connectivity index (χ3n) is 4.58. The van der Waals surface area contributed by atoms with Crippen LogP contribution in [0.2, 0.25) is 0 Å². The molecule has 0 saturated carbocycles. The second-order valence-electron chi connectivity index (χ2n) is 6.35. The molecule has 0 fully saturated rings. The molecule has 2 aliphatic rings. The Balaban J connectivity index is 1.44. The number of aromatic nitrogens is 2. The summed E-state index contributed by atoms with van der Waals surface area (Å²) in [6.07, 6.45) is 11.0. The number of benzene rings is 1. The van der Waals surface area contributed by atoms with Crippen LogP contribution >= 0.6 is 0 Å². The van der Waals surface area contributed by atoms with E-state index in [-0.39, 0.29) is 17.6 Å². The Bertz CT molecular complexity index is 982. The lowest BCUT2D eigenvalue weighted by Crippen LogP contribution is -2.29. The van der Waals surface area contributed by atoms with Crippen LogP contribution in [0.5, 0.6) is 0 Å². The van der Waals surface area contributed by atoms with E-state index in [4.69, 9.17) is 0 Å². The van der Waals surface area contributed by atoms with Crippen LogP contribution in [-0.2, 0) is 11.2 Å². The fraction of sp³-hybridized carbons (Fsp3) is 0.143. The predicted molar refractivity (Wildman–Crippen MR) is 102 cm³/mol. The van der Waals surface area contributed by atoms with Crippen LogP contribution < -0.4 is 5.32 Å². The summed E-state index contributed by atoms with van der Waals surface area (Å²) in [6.45, 7) is 0.503. The smallest absolute Gasteiger partial charge is 0.251 e. The lowest BCUT2D eigenvalue weighted by atomic mass is 9.86. The molecule has 6 heteroatoms. The number of allylic oxidation sites excluding steroid dienone is 3. The molecule has 0 bridgehead atoms. The minimum absolute atomic E-state index is 0.0649. The summed E-state index contributed by atoms with van der Waals surface area (Å²) in [7, 11) is 0. The van der Waals surface area contributed by atoms with Gasteiger partial charge >= 0.3 is 0 Å². The first kappa shape index (κ1) is 16.9. The van der Waals surface area contributed by atoms with E-state index in [1.54, 1.807) is 43.0 Å². The summed E-state index contributed by atoms with van der Waals surface area (Å²) in [5.41, 5.74) is 3.49. The van der Waals surface area contributed by atoms with Gasteiger partial charge in [0.05, 0.1) is 18.0 Å². The van der Waals surface area contributed by atoms with Gasteiger partial charge < -0.3 is 10.3 Å². The van der Waals surface area contributed by atoms with Gasteiger partial charge in [-0.25, -0.2) is 4.98 Å². The summed E-state index contributed by atoms with van der Waals surface area (Å²) in [5, 5.41) is 2.90. The Morgan fingerprint density at radius 3 is 2.78 bits per heavy atom. The van der Waals surface area contributed by atoms with Crippen LogP contribution in [0.25, 0.3) is 0 Å². The van der Waals surface area contributed by atoms with Gasteiger partial charge in [-0.2, -0.15) is 0 Å². The van der Waals surface area contributed by atoms with Gasteiger partial charge in [-0.15, -0.1) is 0 Å². The Kier molecular flexibility index (Phi) is 4.61. The van der Waals surface area contributed by atoms with Crippen molar-refractivity contribution < 1.29 is 9.59 Å². The number of H-pyrrole nitrogens is 1. The van der Waals surface area contributed by atoms with Crippen molar-refractivity contribution in [3.8, 4) is 0 Å². The Morgan fingerprint density at radius 2 is 2.00 bits per heavy atom. The number of ketones is 1. The van der Waals surface area contributed by atoms with Crippen molar-refractivity contribution in [1.29, 1.82) is 0 Å². The minimum Gasteiger partial charge on any atom is -0.352 e. The molecule has 4 rings (SSSR count). The highest BCUT2D eigenvalue weighted by Gasteiger charge is 2.30. The summed E-state index contributed by atoms with van der Waals surface area (Å²) < 4.78 is 0. The van der Waals surface area contributed by atoms with Crippen molar-refractivity contribution >= 4 is 17.4 Å². The first-order chi connectivity index (χ1) is 13.2. The first-order valence-corrected chi connectivity index (χ1v) is 8.75. The second kappa shape index (κ2) is 7.37. The van der Waals surface area contributed by atoms with E-state index in [0.717, 1.165) is 11.4 Å². The van der Waals surface area contributed by atoms with Crippen molar-refractivity contribution in [3.63, 3.8) is 0 Å². The number of nitrogens with zero attached hydrogens (tertiary/aromatic N) is 2. The summed E-state index contributed by atoms with van der Waals surface area (Å²) >= 11 is 0. The maximum absolute atomic E-state index is 12.8. The third kappa shape index (κ3) is 3.55. The number of imidazole rings is 1. The van der Waals surface area contributed by atoms with Crippen LogP contribution in [0.15, 0.2) is 83.4 Å². The van der Waals surface area contributed by atoms with Gasteiger partial charge in [0.25, 0.3) is 5.91 Å². The lowest BCUT2D eigenvalue weighted by molar-refractivity contribution is -0.117. The zero-order valence-corrected chi connectivity index (χ0v) is 14.6. The molecule has 0 saturated heterocycles. The van der Waals surface area contributed by atoms with E-state index in [2.05, 4.69) is 20.3 Å². The number of aromatic amines is 1. The predicted octanol–water partition coefficient (Wildman–Crippen LogP) is 2.40. The van der Waals surface area contributed by atoms with Gasteiger partial charge in [0.15, 0.2) is 5.78 Å². The Hall–Kier alpha value is -3.54. The average molecular weight is 358 g/mol. The zero-order chi connectivity index (χ0) is 18.6. The average Bonchev–Trinajstić information content (AvgIpc) is 3.37. The molecule has 2 heterocycles. The molecule has 2 N–H and O–H groups in total. The van der Waals surface area contributed by atoms with E-state index < -0.39 is 0 Å². The normalized spacial score (nSPS) is 17.6. The van der Waals surface area contributed by atoms with Crippen LogP contribution in [0.3, 0.4) is 0 Å². The van der Waals surface area contributed by atoms with Gasteiger partial charge in [-0.1, -0.05) is 36.4 Å². The number of carbonyl (C=O) groups is 2. The van der Waals surface area contributed by atoms with Crippen LogP contribution in [0.4, 0.5) is 0 Å². The summed E-state index contributed by atoms with van der Waals surface area (Å²) in [5.74, 6) is -0.510. The molecule has 1 aliphatic heterocycles. The standard InChI is InChI=1S/C21H18N4O2/c26-20(14-4-2-1-3-5-14)18-12-24-19-7-6-15(10-17(18)19)21(27)23-9-8-16-11-22-13-25-16/h1-7,10-13,17H,8-9H2,(H,22,25)(H,23,27). The third-order valence-corrected chi connectivity index (χ3v) is 4.58. The summed E-state index contributed by atoms with van der Waals surface area (Å²) in [4.78, 5) is 36.5. The fourth-order valence-electron chi connectivity index (χ4n) is 3.14. The monoisotopic (exact) mass is 358 g/mol. The quantitative estimate of drug-likeness (QED) is 0.778. The molecule has 1 aromatic heterocycles. The molecule has 27 heavy (non-hydrogen) atoms. The van der Waals surface area contributed by atoms with Gasteiger partial charge in [0, 0.05) is 47.8 Å². The number of nitrogens with one attached hydrogen (secondary N) is 2. The summed E-state index contributed by atoms with van der Waals surface area (Å²) in [6, 6.07) is 9.11. The number of carbonyl (C=O) groups excluding carboxylic acids is 2. The molecular formula is C21H18N4O2. The number of rotatable bonds is 6. The molecule has 1 unspecified atom stereocenters. The molecule has 1 aliphatic carbocycles. The minimum atomic E-state index is -0.281. The highest BCUT2D eigenvalue weighted by molar-refractivity contribution is 6.18. The van der Waals surface area contributed by atoms with Crippen molar-refractivity contribution in [1.82, 2.24) is 15.3 Å². The second-order valence-corrected chi connectivity index (χ2v) is 6.35. The van der Waals surface area contributed by atoms with Gasteiger partial charge in [-0.3, -0.25) is 14.6 Å². The molecule has 1 aromatic carbocycles. The maximum Gasteiger partial charge on any atom is 0.251 e. The number of Topliss-reactive ketones (excluding diaryl/α,β-unsaturated/α-hetero) is 1. The highest BCUT2D eigenvalue weighted by Crippen LogP contribution is 2.29. The molecule has 2 aromatic rings. The zero-order valence-electron chi connectivity index (χ0n) is 14.6. The van der Waals surface area contributed by atoms with Crippen LogP contribution in [-0.4, -0.2) is 33.9 Å². The maximum atomic E-state index is 12.8. The van der Waals surface area contributed by atoms with E-state index in [9.17, 15) is 9.59 Å². The number of fused-ring (bicyclic) bond motifs is 1. The molecule has 6 nitrogen and oxygen atoms in total. The Morgan fingerprint density at radius 1 is 1.15 bits per heavy atom. The van der Waals surface area contributed by atoms with E-state index >= 15 is 0 Å². The van der Waals surface area contributed by atoms with Crippen molar-refractivity contribution in [3.05, 3.63) is 89.7 Å². The molecule has 134 valence electrons. The SMILES string of the molecule is O=C(NCCc1cnc[nH]1)C1=CC2C(C(=O)c3ccccc3)=CN=C2C=C1. The van der Waals surface area contributed by atoms with Gasteiger partial charge in [0.2, 0.25) is 0 Å². The van der Waals surface area contributed by atoms with Crippen molar-refractivity contribution in [2.75, 3.05) is 6.54 Å². The number of amides is 1. The van der Waals surface area contributed by atoms with Crippen molar-refractivity contribution in [2.45, 2.75) is 6.42 Å². The number of hydrogen-bond acceptors (Lipinski definition) is 4. The van der Waals surface area contributed by atoms with Gasteiger partial charge in [-0.05, 0) is 12.2 Å². The van der Waals surface area contributed by atoms with Gasteiger partial charge in [0.1, 0.15) is 0 Å². The molecule has 0 spiro atoms. The lowest BCUT2D eigenvalue weighted by Gasteiger charge is -2.16. The van der Waals surface area contributed by atoms with E-state index in [1.807, 2.05) is 24.3 Å².